The van der Waals surface area contributed by atoms with Gasteiger partial charge in [-0.1, -0.05) is 24.3 Å². The number of hydrogen-bond donors (Lipinski definition) is 1. The predicted molar refractivity (Wildman–Crippen MR) is 73.4 cm³/mol. The van der Waals surface area contributed by atoms with Crippen LogP contribution in [-0.4, -0.2) is 29.3 Å². The minimum Gasteiger partial charge on any atom is -0.350 e. The van der Waals surface area contributed by atoms with Gasteiger partial charge in [0.25, 0.3) is 0 Å². The molecule has 0 aromatic heterocycles. The fourth-order valence-corrected chi connectivity index (χ4v) is 2.10. The molecule has 1 aromatic carbocycles. The van der Waals surface area contributed by atoms with E-state index in [9.17, 15) is 9.59 Å². The summed E-state index contributed by atoms with van der Waals surface area (Å²) in [7, 11) is 0. The molecule has 0 atom stereocenters. The highest BCUT2D eigenvalue weighted by Gasteiger charge is 2.31. The molecule has 0 spiro atoms. The van der Waals surface area contributed by atoms with Crippen LogP contribution in [0.4, 0.5) is 0 Å². The van der Waals surface area contributed by atoms with E-state index in [2.05, 4.69) is 5.32 Å². The molecular weight excluding hydrogens is 240 g/mol. The molecule has 0 saturated heterocycles. The van der Waals surface area contributed by atoms with Crippen molar-refractivity contribution in [3.05, 3.63) is 35.4 Å². The van der Waals surface area contributed by atoms with Crippen molar-refractivity contribution in [3.8, 4) is 0 Å². The van der Waals surface area contributed by atoms with E-state index in [1.165, 1.54) is 6.92 Å². The van der Waals surface area contributed by atoms with Crippen LogP contribution < -0.4 is 5.32 Å². The first-order chi connectivity index (χ1) is 9.08. The topological polar surface area (TPSA) is 49.4 Å². The quantitative estimate of drug-likeness (QED) is 0.874. The molecule has 1 fully saturated rings. The maximum absolute atomic E-state index is 11.9. The molecule has 0 heterocycles. The molecule has 0 radical (unpaired) electrons. The summed E-state index contributed by atoms with van der Waals surface area (Å²) in [5, 5.41) is 2.87. The van der Waals surface area contributed by atoms with Gasteiger partial charge in [0.1, 0.15) is 0 Å². The maximum Gasteiger partial charge on any atom is 0.239 e. The zero-order valence-electron chi connectivity index (χ0n) is 11.5. The highest BCUT2D eigenvalue weighted by Crippen LogP contribution is 2.26. The highest BCUT2D eigenvalue weighted by molar-refractivity contribution is 5.84. The van der Waals surface area contributed by atoms with E-state index in [1.807, 2.05) is 31.2 Å². The van der Waals surface area contributed by atoms with Gasteiger partial charge in [-0.25, -0.2) is 0 Å². The standard InChI is InChI=1S/C15H20N2O2/c1-11-5-3-4-6-13(11)9-16-15(19)10-17(12(2)18)14-7-8-14/h3-6,14H,7-10H2,1-2H3,(H,16,19). The van der Waals surface area contributed by atoms with E-state index in [1.54, 1.807) is 4.90 Å². The average Bonchev–Trinajstić information content (AvgIpc) is 3.19. The summed E-state index contributed by atoms with van der Waals surface area (Å²) in [6, 6.07) is 8.24. The number of rotatable bonds is 5. The van der Waals surface area contributed by atoms with Crippen molar-refractivity contribution in [2.45, 2.75) is 39.3 Å². The Labute approximate surface area is 113 Å². The van der Waals surface area contributed by atoms with E-state index in [0.29, 0.717) is 6.54 Å². The van der Waals surface area contributed by atoms with Gasteiger partial charge in [0.05, 0.1) is 6.54 Å². The van der Waals surface area contributed by atoms with Gasteiger partial charge in [0.15, 0.2) is 0 Å². The summed E-state index contributed by atoms with van der Waals surface area (Å²) in [4.78, 5) is 25.0. The van der Waals surface area contributed by atoms with Crippen molar-refractivity contribution in [3.63, 3.8) is 0 Å². The van der Waals surface area contributed by atoms with Crippen molar-refractivity contribution < 1.29 is 9.59 Å². The van der Waals surface area contributed by atoms with Crippen LogP contribution in [0.15, 0.2) is 24.3 Å². The van der Waals surface area contributed by atoms with Gasteiger partial charge in [-0.15, -0.1) is 0 Å². The van der Waals surface area contributed by atoms with Crippen molar-refractivity contribution in [1.29, 1.82) is 0 Å². The Bertz CT molecular complexity index is 481. The summed E-state index contributed by atoms with van der Waals surface area (Å²) in [6.45, 7) is 4.23. The Morgan fingerprint density at radius 1 is 1.32 bits per heavy atom. The second kappa shape index (κ2) is 5.87. The molecule has 4 nitrogen and oxygen atoms in total. The summed E-state index contributed by atoms with van der Waals surface area (Å²) in [5.41, 5.74) is 2.27. The zero-order chi connectivity index (χ0) is 13.8. The number of carbonyl (C=O) groups is 2. The molecule has 2 rings (SSSR count). The van der Waals surface area contributed by atoms with E-state index < -0.39 is 0 Å². The summed E-state index contributed by atoms with van der Waals surface area (Å²) in [6.07, 6.45) is 2.04. The van der Waals surface area contributed by atoms with Gasteiger partial charge in [0.2, 0.25) is 11.8 Å². The molecule has 0 aliphatic heterocycles. The minimum atomic E-state index is -0.0923. The molecular formula is C15H20N2O2. The zero-order valence-corrected chi connectivity index (χ0v) is 11.5. The molecule has 102 valence electrons. The Morgan fingerprint density at radius 3 is 2.58 bits per heavy atom. The minimum absolute atomic E-state index is 0.0199. The van der Waals surface area contributed by atoms with E-state index in [-0.39, 0.29) is 24.4 Å². The van der Waals surface area contributed by atoms with Crippen molar-refractivity contribution in [2.24, 2.45) is 0 Å². The third-order valence-corrected chi connectivity index (χ3v) is 3.44. The lowest BCUT2D eigenvalue weighted by molar-refractivity contribution is -0.134. The lowest BCUT2D eigenvalue weighted by atomic mass is 10.1. The Morgan fingerprint density at radius 2 is 2.00 bits per heavy atom. The van der Waals surface area contributed by atoms with Gasteiger partial charge < -0.3 is 10.2 Å². The van der Waals surface area contributed by atoms with E-state index >= 15 is 0 Å². The fraction of sp³-hybridized carbons (Fsp3) is 0.467. The van der Waals surface area contributed by atoms with Crippen molar-refractivity contribution in [2.75, 3.05) is 6.54 Å². The van der Waals surface area contributed by atoms with Crippen LogP contribution in [0, 0.1) is 6.92 Å². The number of amides is 2. The molecule has 1 aliphatic rings. The third-order valence-electron chi connectivity index (χ3n) is 3.44. The van der Waals surface area contributed by atoms with Crippen LogP contribution in [0.1, 0.15) is 30.9 Å². The fourth-order valence-electron chi connectivity index (χ4n) is 2.10. The van der Waals surface area contributed by atoms with Crippen LogP contribution in [0.2, 0.25) is 0 Å². The molecule has 1 aliphatic carbocycles. The van der Waals surface area contributed by atoms with Gasteiger partial charge >= 0.3 is 0 Å². The van der Waals surface area contributed by atoms with Crippen LogP contribution in [0.3, 0.4) is 0 Å². The van der Waals surface area contributed by atoms with E-state index in [4.69, 9.17) is 0 Å². The molecule has 2 amide bonds. The van der Waals surface area contributed by atoms with Crippen LogP contribution >= 0.6 is 0 Å². The molecule has 4 heteroatoms. The van der Waals surface area contributed by atoms with Crippen LogP contribution in [0.25, 0.3) is 0 Å². The number of aryl methyl sites for hydroxylation is 1. The summed E-state index contributed by atoms with van der Waals surface area (Å²) < 4.78 is 0. The van der Waals surface area contributed by atoms with Crippen molar-refractivity contribution in [1.82, 2.24) is 10.2 Å². The molecule has 1 aromatic rings. The second-order valence-electron chi connectivity index (χ2n) is 5.08. The smallest absolute Gasteiger partial charge is 0.239 e. The largest absolute Gasteiger partial charge is 0.350 e. The lowest BCUT2D eigenvalue weighted by Gasteiger charge is -2.20. The average molecular weight is 260 g/mol. The normalized spacial score (nSPS) is 14.0. The highest BCUT2D eigenvalue weighted by atomic mass is 16.2. The van der Waals surface area contributed by atoms with Gasteiger partial charge in [-0.3, -0.25) is 9.59 Å². The molecule has 1 N–H and O–H groups in total. The third kappa shape index (κ3) is 3.81. The number of carbonyl (C=O) groups excluding carboxylic acids is 2. The molecule has 19 heavy (non-hydrogen) atoms. The summed E-state index contributed by atoms with van der Waals surface area (Å²) >= 11 is 0. The molecule has 1 saturated carbocycles. The first-order valence-corrected chi connectivity index (χ1v) is 6.66. The van der Waals surface area contributed by atoms with Crippen LogP contribution in [0.5, 0.6) is 0 Å². The number of benzene rings is 1. The predicted octanol–water partition coefficient (Wildman–Crippen LogP) is 1.62. The summed E-state index contributed by atoms with van der Waals surface area (Å²) in [5.74, 6) is -0.112. The SMILES string of the molecule is CC(=O)N(CC(=O)NCc1ccccc1C)C1CC1. The van der Waals surface area contributed by atoms with Gasteiger partial charge in [-0.05, 0) is 30.9 Å². The lowest BCUT2D eigenvalue weighted by Crippen LogP contribution is -2.40. The Kier molecular flexibility index (Phi) is 4.20. The Balaban J connectivity index is 1.84. The monoisotopic (exact) mass is 260 g/mol. The van der Waals surface area contributed by atoms with Gasteiger partial charge in [-0.2, -0.15) is 0 Å². The maximum atomic E-state index is 11.9. The van der Waals surface area contributed by atoms with Crippen LogP contribution in [-0.2, 0) is 16.1 Å². The second-order valence-corrected chi connectivity index (χ2v) is 5.08. The van der Waals surface area contributed by atoms with E-state index in [0.717, 1.165) is 24.0 Å². The Hall–Kier alpha value is -1.84. The molecule has 0 unspecified atom stereocenters. The molecule has 0 bridgehead atoms. The van der Waals surface area contributed by atoms with Gasteiger partial charge in [0, 0.05) is 19.5 Å². The van der Waals surface area contributed by atoms with Crippen molar-refractivity contribution >= 4 is 11.8 Å². The number of nitrogens with zero attached hydrogens (tertiary/aromatic N) is 1. The first-order valence-electron chi connectivity index (χ1n) is 6.66. The number of nitrogens with one attached hydrogen (secondary N) is 1. The number of hydrogen-bond acceptors (Lipinski definition) is 2. The first kappa shape index (κ1) is 13.6.